The van der Waals surface area contributed by atoms with Gasteiger partial charge in [0.05, 0.1) is 0 Å². The summed E-state index contributed by atoms with van der Waals surface area (Å²) in [7, 11) is 0. The minimum atomic E-state index is -0.985. The lowest BCUT2D eigenvalue weighted by molar-refractivity contribution is -0.150. The van der Waals surface area contributed by atoms with Crippen molar-refractivity contribution in [1.29, 1.82) is 0 Å². The van der Waals surface area contributed by atoms with Crippen molar-refractivity contribution in [3.63, 3.8) is 0 Å². The first kappa shape index (κ1) is 19.2. The van der Waals surface area contributed by atoms with Crippen LogP contribution in [0.2, 0.25) is 0 Å². The monoisotopic (exact) mass is 392 g/mol. The number of benzene rings is 2. The smallest absolute Gasteiger partial charge is 0.326 e. The molecule has 150 valence electrons. The van der Waals surface area contributed by atoms with Crippen LogP contribution in [0.4, 0.5) is 0 Å². The molecule has 0 aromatic heterocycles. The normalized spacial score (nSPS) is 24.4. The zero-order chi connectivity index (χ0) is 20.5. The predicted molar refractivity (Wildman–Crippen MR) is 109 cm³/mol. The minimum Gasteiger partial charge on any atom is -0.480 e. The summed E-state index contributed by atoms with van der Waals surface area (Å²) in [5, 5.41) is 14.4. The van der Waals surface area contributed by atoms with Crippen LogP contribution in [0.3, 0.4) is 0 Å². The Balaban J connectivity index is 1.60. The number of nitrogens with one attached hydrogen (secondary N) is 1. The molecule has 0 saturated carbocycles. The number of carbonyl (C=O) groups is 3. The summed E-state index contributed by atoms with van der Waals surface area (Å²) in [5.74, 6) is -1.62. The zero-order valence-electron chi connectivity index (χ0n) is 16.3. The molecule has 2 aliphatic rings. The maximum atomic E-state index is 13.2. The number of carboxylic acids is 1. The van der Waals surface area contributed by atoms with Crippen molar-refractivity contribution < 1.29 is 19.5 Å². The van der Waals surface area contributed by atoms with Gasteiger partial charge in [0.1, 0.15) is 12.1 Å². The molecule has 29 heavy (non-hydrogen) atoms. The van der Waals surface area contributed by atoms with E-state index < -0.39 is 18.1 Å². The number of carbonyl (C=O) groups excluding carboxylic acids is 2. The Hall–Kier alpha value is -3.15. The second-order valence-corrected chi connectivity index (χ2v) is 7.91. The number of nitrogens with zero attached hydrogens (tertiary/aromatic N) is 1. The van der Waals surface area contributed by atoms with Gasteiger partial charge in [0, 0.05) is 11.6 Å². The topological polar surface area (TPSA) is 86.7 Å². The number of carboxylic acid groups (broad SMARTS) is 1. The first-order valence-corrected chi connectivity index (χ1v) is 9.94. The molecule has 6 nitrogen and oxygen atoms in total. The standard InChI is InChI=1S/C23H24N2O4/c1-14-6-9-18-10-11-20(23(28)29)25(18)22(27)19(12-14)24-21(26)17-8-7-15-4-2-3-5-16(15)13-17/h2-8,13,18-20H,9-12H2,1H3,(H,24,26)(H,28,29)/t18-,19-,20-/m0/s1. The Labute approximate surface area is 169 Å². The first-order chi connectivity index (χ1) is 13.9. The lowest BCUT2D eigenvalue weighted by Gasteiger charge is -2.33. The molecular weight excluding hydrogens is 368 g/mol. The van der Waals surface area contributed by atoms with Crippen LogP contribution in [-0.4, -0.2) is 45.9 Å². The summed E-state index contributed by atoms with van der Waals surface area (Å²) in [6.45, 7) is 1.95. The van der Waals surface area contributed by atoms with Crippen molar-refractivity contribution in [2.75, 3.05) is 0 Å². The number of hydrogen-bond donors (Lipinski definition) is 2. The summed E-state index contributed by atoms with van der Waals surface area (Å²) >= 11 is 0. The van der Waals surface area contributed by atoms with E-state index in [9.17, 15) is 19.5 Å². The van der Waals surface area contributed by atoms with Crippen molar-refractivity contribution in [2.24, 2.45) is 0 Å². The molecule has 6 heteroatoms. The van der Waals surface area contributed by atoms with Gasteiger partial charge in [-0.3, -0.25) is 9.59 Å². The van der Waals surface area contributed by atoms with Gasteiger partial charge in [0.25, 0.3) is 5.91 Å². The van der Waals surface area contributed by atoms with Crippen molar-refractivity contribution in [3.8, 4) is 0 Å². The Kier molecular flexibility index (Phi) is 5.09. The molecular formula is C23H24N2O4. The lowest BCUT2D eigenvalue weighted by atomic mass is 9.98. The Bertz CT molecular complexity index is 1010. The van der Waals surface area contributed by atoms with E-state index in [4.69, 9.17) is 0 Å². The molecule has 0 radical (unpaired) electrons. The number of fused-ring (bicyclic) bond motifs is 2. The van der Waals surface area contributed by atoms with E-state index in [-0.39, 0.29) is 17.9 Å². The van der Waals surface area contributed by atoms with Gasteiger partial charge in [-0.1, -0.05) is 42.0 Å². The van der Waals surface area contributed by atoms with E-state index in [1.54, 1.807) is 12.1 Å². The summed E-state index contributed by atoms with van der Waals surface area (Å²) in [6.07, 6.45) is 4.21. The van der Waals surface area contributed by atoms with E-state index in [0.29, 0.717) is 31.2 Å². The summed E-state index contributed by atoms with van der Waals surface area (Å²) in [4.78, 5) is 39.3. The summed E-state index contributed by atoms with van der Waals surface area (Å²) in [6, 6.07) is 11.5. The van der Waals surface area contributed by atoms with E-state index in [1.165, 1.54) is 4.90 Å². The van der Waals surface area contributed by atoms with E-state index in [1.807, 2.05) is 37.3 Å². The second-order valence-electron chi connectivity index (χ2n) is 7.91. The maximum Gasteiger partial charge on any atom is 0.326 e. The second kappa shape index (κ2) is 7.70. The van der Waals surface area contributed by atoms with Gasteiger partial charge in [-0.05, 0) is 55.5 Å². The largest absolute Gasteiger partial charge is 0.480 e. The fourth-order valence-corrected chi connectivity index (χ4v) is 4.39. The molecule has 0 bridgehead atoms. The SMILES string of the molecule is CC1=CC[C@H]2CC[C@@H](C(=O)O)N2C(=O)[C@@H](NC(=O)c2ccc3ccccc3c2)C1. The number of amides is 2. The Morgan fingerprint density at radius 1 is 1.10 bits per heavy atom. The van der Waals surface area contributed by atoms with E-state index >= 15 is 0 Å². The molecule has 0 unspecified atom stereocenters. The molecule has 2 heterocycles. The van der Waals surface area contributed by atoms with Crippen LogP contribution in [0.15, 0.2) is 54.1 Å². The van der Waals surface area contributed by atoms with Gasteiger partial charge in [-0.25, -0.2) is 4.79 Å². The quantitative estimate of drug-likeness (QED) is 0.786. The van der Waals surface area contributed by atoms with Gasteiger partial charge in [0.2, 0.25) is 5.91 Å². The van der Waals surface area contributed by atoms with Crippen LogP contribution in [-0.2, 0) is 9.59 Å². The average Bonchev–Trinajstić information content (AvgIpc) is 3.14. The molecule has 2 aromatic carbocycles. The van der Waals surface area contributed by atoms with Crippen molar-refractivity contribution >= 4 is 28.6 Å². The number of aliphatic carboxylic acids is 1. The van der Waals surface area contributed by atoms with Gasteiger partial charge in [-0.15, -0.1) is 0 Å². The van der Waals surface area contributed by atoms with Crippen molar-refractivity contribution in [1.82, 2.24) is 10.2 Å². The van der Waals surface area contributed by atoms with Crippen molar-refractivity contribution in [2.45, 2.75) is 50.7 Å². The molecule has 1 saturated heterocycles. The first-order valence-electron chi connectivity index (χ1n) is 9.94. The highest BCUT2D eigenvalue weighted by atomic mass is 16.4. The van der Waals surface area contributed by atoms with Gasteiger partial charge >= 0.3 is 5.97 Å². The third-order valence-corrected chi connectivity index (χ3v) is 5.92. The molecule has 2 aromatic rings. The highest BCUT2D eigenvalue weighted by Gasteiger charge is 2.43. The van der Waals surface area contributed by atoms with Gasteiger partial charge in [0.15, 0.2) is 0 Å². The predicted octanol–water partition coefficient (Wildman–Crippen LogP) is 3.12. The van der Waals surface area contributed by atoms with Crippen LogP contribution in [0.5, 0.6) is 0 Å². The van der Waals surface area contributed by atoms with Gasteiger partial charge in [-0.2, -0.15) is 0 Å². The van der Waals surface area contributed by atoms with Gasteiger partial charge < -0.3 is 15.3 Å². The molecule has 1 fully saturated rings. The molecule has 0 spiro atoms. The highest BCUT2D eigenvalue weighted by molar-refractivity contribution is 6.01. The molecule has 4 rings (SSSR count). The highest BCUT2D eigenvalue weighted by Crippen LogP contribution is 2.31. The maximum absolute atomic E-state index is 13.2. The fourth-order valence-electron chi connectivity index (χ4n) is 4.39. The Morgan fingerprint density at radius 3 is 2.62 bits per heavy atom. The van der Waals surface area contributed by atoms with Crippen molar-refractivity contribution in [3.05, 3.63) is 59.7 Å². The third kappa shape index (κ3) is 3.75. The van der Waals surface area contributed by atoms with Crippen LogP contribution < -0.4 is 5.32 Å². The van der Waals surface area contributed by atoms with Crippen LogP contribution in [0.25, 0.3) is 10.8 Å². The molecule has 3 atom stereocenters. The number of hydrogen-bond acceptors (Lipinski definition) is 3. The molecule has 2 amide bonds. The lowest BCUT2D eigenvalue weighted by Crippen LogP contribution is -2.54. The fraction of sp³-hybridized carbons (Fsp3) is 0.348. The Morgan fingerprint density at radius 2 is 1.86 bits per heavy atom. The number of rotatable bonds is 3. The van der Waals surface area contributed by atoms with Crippen LogP contribution >= 0.6 is 0 Å². The summed E-state index contributed by atoms with van der Waals surface area (Å²) in [5.41, 5.74) is 1.51. The minimum absolute atomic E-state index is 0.126. The molecule has 2 aliphatic heterocycles. The summed E-state index contributed by atoms with van der Waals surface area (Å²) < 4.78 is 0. The molecule has 0 aliphatic carbocycles. The van der Waals surface area contributed by atoms with E-state index in [2.05, 4.69) is 11.4 Å². The average molecular weight is 392 g/mol. The van der Waals surface area contributed by atoms with Crippen LogP contribution in [0, 0.1) is 0 Å². The zero-order valence-corrected chi connectivity index (χ0v) is 16.3. The van der Waals surface area contributed by atoms with Crippen LogP contribution in [0.1, 0.15) is 43.0 Å². The third-order valence-electron chi connectivity index (χ3n) is 5.92. The van der Waals surface area contributed by atoms with E-state index in [0.717, 1.165) is 16.3 Å². The molecule has 2 N–H and O–H groups in total.